The van der Waals surface area contributed by atoms with Crippen molar-refractivity contribution in [1.29, 1.82) is 0 Å². The molecule has 1 aromatic heterocycles. The molecule has 0 atom stereocenters. The molecule has 33 heavy (non-hydrogen) atoms. The van der Waals surface area contributed by atoms with Gasteiger partial charge >= 0.3 is 5.97 Å². The Bertz CT molecular complexity index is 1280. The number of rotatable bonds is 8. The summed E-state index contributed by atoms with van der Waals surface area (Å²) in [5.74, 6) is 0.619. The van der Waals surface area contributed by atoms with Gasteiger partial charge in [-0.05, 0) is 48.2 Å². The lowest BCUT2D eigenvalue weighted by molar-refractivity contribution is -0.136. The van der Waals surface area contributed by atoms with Crippen LogP contribution >= 0.6 is 0 Å². The summed E-state index contributed by atoms with van der Waals surface area (Å²) < 4.78 is 17.3. The number of ether oxygens (including phenoxy) is 3. The minimum atomic E-state index is -0.892. The molecule has 4 aromatic rings. The molecule has 0 spiro atoms. The topological polar surface area (TPSA) is 80.8 Å². The van der Waals surface area contributed by atoms with Crippen LogP contribution in [0.4, 0.5) is 0 Å². The molecule has 0 radical (unpaired) electrons. The smallest absolute Gasteiger partial charge is 0.307 e. The second-order valence-corrected chi connectivity index (χ2v) is 7.96. The average Bonchev–Trinajstić information content (AvgIpc) is 3.18. The largest absolute Gasteiger partial charge is 0.493 e. The molecule has 0 aliphatic heterocycles. The number of hydrogen-bond acceptors (Lipinski definition) is 4. The van der Waals surface area contributed by atoms with Crippen LogP contribution in [0.1, 0.15) is 22.3 Å². The average molecular weight is 446 g/mol. The minimum Gasteiger partial charge on any atom is -0.493 e. The molecule has 0 aliphatic carbocycles. The lowest BCUT2D eigenvalue weighted by Gasteiger charge is -2.16. The van der Waals surface area contributed by atoms with Crippen molar-refractivity contribution in [1.82, 2.24) is 4.98 Å². The van der Waals surface area contributed by atoms with E-state index in [2.05, 4.69) is 4.98 Å². The summed E-state index contributed by atoms with van der Waals surface area (Å²) in [6.07, 6.45) is -0.102. The Labute approximate surface area is 192 Å². The molecule has 170 valence electrons. The van der Waals surface area contributed by atoms with Crippen LogP contribution in [0.5, 0.6) is 17.2 Å². The van der Waals surface area contributed by atoms with Crippen LogP contribution in [0.3, 0.4) is 0 Å². The van der Waals surface area contributed by atoms with Crippen molar-refractivity contribution in [2.24, 2.45) is 0 Å². The SMILES string of the molecule is COc1cc(-c2[nH]c3c(C)c(C)ccc3c2CC(=O)O)cc(OC)c1OCc1ccccc1. The van der Waals surface area contributed by atoms with E-state index in [1.165, 1.54) is 0 Å². The minimum absolute atomic E-state index is 0.102. The maximum Gasteiger partial charge on any atom is 0.307 e. The number of fused-ring (bicyclic) bond motifs is 1. The Morgan fingerprint density at radius 1 is 0.970 bits per heavy atom. The summed E-state index contributed by atoms with van der Waals surface area (Å²) in [4.78, 5) is 15.1. The zero-order valence-corrected chi connectivity index (χ0v) is 19.2. The predicted octanol–water partition coefficient (Wildman–Crippen LogP) is 5.68. The first-order valence-electron chi connectivity index (χ1n) is 10.7. The van der Waals surface area contributed by atoms with Gasteiger partial charge in [-0.3, -0.25) is 4.79 Å². The van der Waals surface area contributed by atoms with Gasteiger partial charge in [-0.15, -0.1) is 0 Å². The summed E-state index contributed by atoms with van der Waals surface area (Å²) >= 11 is 0. The number of hydrogen-bond donors (Lipinski definition) is 2. The standard InChI is InChI=1S/C27H27NO5/c1-16-10-11-20-21(14-24(29)30)26(28-25(20)17(16)2)19-12-22(31-3)27(23(13-19)32-4)33-15-18-8-6-5-7-9-18/h5-13,28H,14-15H2,1-4H3,(H,29,30). The molecular formula is C27H27NO5. The van der Waals surface area contributed by atoms with Gasteiger partial charge in [-0.2, -0.15) is 0 Å². The van der Waals surface area contributed by atoms with Gasteiger partial charge in [0.25, 0.3) is 0 Å². The van der Waals surface area contributed by atoms with E-state index in [0.717, 1.165) is 44.4 Å². The Hall–Kier alpha value is -3.93. The molecule has 1 heterocycles. The van der Waals surface area contributed by atoms with Gasteiger partial charge in [0, 0.05) is 16.5 Å². The van der Waals surface area contributed by atoms with E-state index < -0.39 is 5.97 Å². The van der Waals surface area contributed by atoms with Crippen molar-refractivity contribution < 1.29 is 24.1 Å². The quantitative estimate of drug-likeness (QED) is 0.365. The monoisotopic (exact) mass is 445 g/mol. The maximum atomic E-state index is 11.7. The van der Waals surface area contributed by atoms with E-state index in [1.807, 2.05) is 68.4 Å². The number of aliphatic carboxylic acids is 1. The Morgan fingerprint density at radius 3 is 2.24 bits per heavy atom. The zero-order valence-electron chi connectivity index (χ0n) is 19.2. The van der Waals surface area contributed by atoms with Crippen LogP contribution < -0.4 is 14.2 Å². The van der Waals surface area contributed by atoms with Gasteiger partial charge in [0.05, 0.1) is 26.3 Å². The molecule has 0 saturated heterocycles. The molecule has 0 bridgehead atoms. The van der Waals surface area contributed by atoms with Crippen molar-refractivity contribution in [3.05, 3.63) is 76.9 Å². The van der Waals surface area contributed by atoms with Crippen LogP contribution in [-0.2, 0) is 17.8 Å². The van der Waals surface area contributed by atoms with Crippen LogP contribution in [0.15, 0.2) is 54.6 Å². The highest BCUT2D eigenvalue weighted by Crippen LogP contribution is 2.43. The lowest BCUT2D eigenvalue weighted by Crippen LogP contribution is -2.02. The van der Waals surface area contributed by atoms with Crippen LogP contribution in [0, 0.1) is 13.8 Å². The van der Waals surface area contributed by atoms with Gasteiger partial charge < -0.3 is 24.3 Å². The number of carbonyl (C=O) groups is 1. The van der Waals surface area contributed by atoms with Gasteiger partial charge in [-0.25, -0.2) is 0 Å². The highest BCUT2D eigenvalue weighted by Gasteiger charge is 2.21. The fourth-order valence-corrected chi connectivity index (χ4v) is 4.04. The first-order chi connectivity index (χ1) is 15.9. The summed E-state index contributed by atoms with van der Waals surface area (Å²) in [6, 6.07) is 17.5. The van der Waals surface area contributed by atoms with E-state index in [9.17, 15) is 9.90 Å². The number of aromatic nitrogens is 1. The molecule has 0 amide bonds. The van der Waals surface area contributed by atoms with Gasteiger partial charge in [0.2, 0.25) is 5.75 Å². The number of aromatic amines is 1. The van der Waals surface area contributed by atoms with Crippen LogP contribution in [0.25, 0.3) is 22.2 Å². The van der Waals surface area contributed by atoms with Crippen molar-refractivity contribution in [2.75, 3.05) is 14.2 Å². The molecule has 4 rings (SSSR count). The zero-order chi connectivity index (χ0) is 23.5. The number of H-pyrrole nitrogens is 1. The van der Waals surface area contributed by atoms with E-state index in [0.29, 0.717) is 23.9 Å². The summed E-state index contributed by atoms with van der Waals surface area (Å²) in [5.41, 5.74) is 6.40. The molecule has 0 unspecified atom stereocenters. The van der Waals surface area contributed by atoms with E-state index in [1.54, 1.807) is 14.2 Å². The summed E-state index contributed by atoms with van der Waals surface area (Å²) in [5, 5.41) is 10.5. The normalized spacial score (nSPS) is 10.9. The predicted molar refractivity (Wildman–Crippen MR) is 128 cm³/mol. The number of methoxy groups -OCH3 is 2. The summed E-state index contributed by atoms with van der Waals surface area (Å²) in [6.45, 7) is 4.43. The van der Waals surface area contributed by atoms with E-state index >= 15 is 0 Å². The van der Waals surface area contributed by atoms with Crippen molar-refractivity contribution in [3.8, 4) is 28.5 Å². The van der Waals surface area contributed by atoms with Crippen molar-refractivity contribution in [2.45, 2.75) is 26.9 Å². The number of carboxylic acids is 1. The third-order valence-electron chi connectivity index (χ3n) is 5.92. The molecule has 2 N–H and O–H groups in total. The highest BCUT2D eigenvalue weighted by molar-refractivity contribution is 5.96. The van der Waals surface area contributed by atoms with Crippen molar-refractivity contribution >= 4 is 16.9 Å². The first kappa shape index (κ1) is 22.3. The Balaban J connectivity index is 1.83. The van der Waals surface area contributed by atoms with Crippen LogP contribution in [0.2, 0.25) is 0 Å². The van der Waals surface area contributed by atoms with Crippen molar-refractivity contribution in [3.63, 3.8) is 0 Å². The number of aryl methyl sites for hydroxylation is 2. The van der Waals surface area contributed by atoms with Gasteiger partial charge in [0.1, 0.15) is 6.61 Å². The Kier molecular flexibility index (Phi) is 6.27. The Morgan fingerprint density at radius 2 is 1.64 bits per heavy atom. The second-order valence-electron chi connectivity index (χ2n) is 7.96. The molecule has 3 aromatic carbocycles. The highest BCUT2D eigenvalue weighted by atomic mass is 16.5. The molecule has 0 fully saturated rings. The summed E-state index contributed by atoms with van der Waals surface area (Å²) in [7, 11) is 3.15. The molecular weight excluding hydrogens is 418 g/mol. The fraction of sp³-hybridized carbons (Fsp3) is 0.222. The number of benzene rings is 3. The lowest BCUT2D eigenvalue weighted by atomic mass is 9.99. The molecule has 0 saturated carbocycles. The third kappa shape index (κ3) is 4.37. The third-order valence-corrected chi connectivity index (χ3v) is 5.92. The van der Waals surface area contributed by atoms with E-state index in [-0.39, 0.29) is 6.42 Å². The maximum absolute atomic E-state index is 11.7. The molecule has 0 aliphatic rings. The van der Waals surface area contributed by atoms with Crippen LogP contribution in [-0.4, -0.2) is 30.3 Å². The first-order valence-corrected chi connectivity index (χ1v) is 10.7. The number of carboxylic acid groups (broad SMARTS) is 1. The van der Waals surface area contributed by atoms with E-state index in [4.69, 9.17) is 14.2 Å². The molecule has 6 heteroatoms. The number of nitrogens with one attached hydrogen (secondary N) is 1. The molecule has 6 nitrogen and oxygen atoms in total. The fourth-order valence-electron chi connectivity index (χ4n) is 4.04. The van der Waals surface area contributed by atoms with Gasteiger partial charge in [0.15, 0.2) is 11.5 Å². The van der Waals surface area contributed by atoms with Gasteiger partial charge in [-0.1, -0.05) is 42.5 Å². The second kappa shape index (κ2) is 9.28.